The summed E-state index contributed by atoms with van der Waals surface area (Å²) in [6, 6.07) is 13.0. The highest BCUT2D eigenvalue weighted by Crippen LogP contribution is 2.36. The van der Waals surface area contributed by atoms with Gasteiger partial charge in [0.15, 0.2) is 0 Å². The fourth-order valence-electron chi connectivity index (χ4n) is 2.83. The molecule has 0 saturated heterocycles. The van der Waals surface area contributed by atoms with Gasteiger partial charge in [0.25, 0.3) is 5.91 Å². The Morgan fingerprint density at radius 3 is 2.53 bits per heavy atom. The lowest BCUT2D eigenvalue weighted by Gasteiger charge is -2.25. The number of ether oxygens (including phenoxy) is 1. The number of allylic oxidation sites excluding steroid dienone is 1. The zero-order valence-corrected chi connectivity index (χ0v) is 17.8. The summed E-state index contributed by atoms with van der Waals surface area (Å²) >= 11 is 3.33. The van der Waals surface area contributed by atoms with Crippen molar-refractivity contribution in [3.63, 3.8) is 0 Å². The minimum absolute atomic E-state index is 0.0571. The SMILES string of the molecule is C[C@@H](CC/C=C/C(=O)O)[C@H](OC(=O)NC(=O)c1ccccc1)c1cc(Br)ccc1O. The van der Waals surface area contributed by atoms with Crippen molar-refractivity contribution < 1.29 is 29.3 Å². The summed E-state index contributed by atoms with van der Waals surface area (Å²) in [5.74, 6) is -1.98. The number of halogens is 1. The van der Waals surface area contributed by atoms with E-state index < -0.39 is 24.1 Å². The number of hydrogen-bond donors (Lipinski definition) is 3. The molecule has 2 aromatic rings. The van der Waals surface area contributed by atoms with Crippen LogP contribution in [0.4, 0.5) is 4.79 Å². The molecule has 0 unspecified atom stereocenters. The topological polar surface area (TPSA) is 113 Å². The maximum atomic E-state index is 12.4. The molecule has 0 aliphatic carbocycles. The van der Waals surface area contributed by atoms with Crippen LogP contribution in [0.3, 0.4) is 0 Å². The van der Waals surface area contributed by atoms with Gasteiger partial charge in [0.1, 0.15) is 11.9 Å². The van der Waals surface area contributed by atoms with Crippen LogP contribution in [-0.2, 0) is 9.53 Å². The van der Waals surface area contributed by atoms with Gasteiger partial charge in [-0.15, -0.1) is 0 Å². The van der Waals surface area contributed by atoms with E-state index in [4.69, 9.17) is 9.84 Å². The molecule has 0 aliphatic rings. The fraction of sp³-hybridized carbons (Fsp3) is 0.227. The van der Waals surface area contributed by atoms with Gasteiger partial charge in [-0.1, -0.05) is 47.1 Å². The van der Waals surface area contributed by atoms with E-state index in [-0.39, 0.29) is 11.7 Å². The molecule has 0 fully saturated rings. The Bertz CT molecular complexity index is 928. The van der Waals surface area contributed by atoms with Crippen molar-refractivity contribution in [1.29, 1.82) is 0 Å². The number of carbonyl (C=O) groups excluding carboxylic acids is 2. The summed E-state index contributed by atoms with van der Waals surface area (Å²) in [4.78, 5) is 35.2. The number of aliphatic carboxylic acids is 1. The molecule has 0 aromatic heterocycles. The molecule has 2 atom stereocenters. The van der Waals surface area contributed by atoms with E-state index in [9.17, 15) is 19.5 Å². The van der Waals surface area contributed by atoms with Crippen molar-refractivity contribution in [2.24, 2.45) is 5.92 Å². The molecule has 0 radical (unpaired) electrons. The number of imide groups is 1. The number of carbonyl (C=O) groups is 3. The fourth-order valence-corrected chi connectivity index (χ4v) is 3.21. The first-order valence-electron chi connectivity index (χ1n) is 9.22. The monoisotopic (exact) mass is 475 g/mol. The van der Waals surface area contributed by atoms with Crippen LogP contribution in [0.15, 0.2) is 65.2 Å². The molecule has 3 N–H and O–H groups in total. The van der Waals surface area contributed by atoms with Gasteiger partial charge >= 0.3 is 12.1 Å². The minimum atomic E-state index is -1.04. The van der Waals surface area contributed by atoms with E-state index in [0.29, 0.717) is 28.4 Å². The molecule has 2 rings (SSSR count). The van der Waals surface area contributed by atoms with Gasteiger partial charge in [0, 0.05) is 21.7 Å². The molecule has 158 valence electrons. The van der Waals surface area contributed by atoms with Gasteiger partial charge < -0.3 is 14.9 Å². The molecule has 30 heavy (non-hydrogen) atoms. The third-order valence-corrected chi connectivity index (χ3v) is 4.84. The maximum Gasteiger partial charge on any atom is 0.414 e. The van der Waals surface area contributed by atoms with Crippen molar-refractivity contribution in [3.8, 4) is 5.75 Å². The molecule has 0 aliphatic heterocycles. The van der Waals surface area contributed by atoms with Crippen molar-refractivity contribution in [2.45, 2.75) is 25.9 Å². The molecule has 0 saturated carbocycles. The van der Waals surface area contributed by atoms with Gasteiger partial charge in [-0.25, -0.2) is 9.59 Å². The second kappa shape index (κ2) is 11.2. The van der Waals surface area contributed by atoms with Crippen LogP contribution < -0.4 is 5.32 Å². The normalized spacial score (nSPS) is 12.9. The summed E-state index contributed by atoms with van der Waals surface area (Å²) in [6.45, 7) is 1.81. The van der Waals surface area contributed by atoms with E-state index in [1.165, 1.54) is 12.1 Å². The minimum Gasteiger partial charge on any atom is -0.508 e. The highest BCUT2D eigenvalue weighted by atomic mass is 79.9. The van der Waals surface area contributed by atoms with Gasteiger partial charge in [-0.2, -0.15) is 0 Å². The zero-order chi connectivity index (χ0) is 22.1. The molecule has 2 aromatic carbocycles. The molecule has 0 spiro atoms. The number of nitrogens with one attached hydrogen (secondary N) is 1. The van der Waals surface area contributed by atoms with Gasteiger partial charge in [0.2, 0.25) is 0 Å². The number of carboxylic acid groups (broad SMARTS) is 1. The molecular formula is C22H22BrNO6. The standard InChI is InChI=1S/C22H22BrNO6/c1-14(7-5-6-10-19(26)27)20(17-13-16(23)11-12-18(17)25)30-22(29)24-21(28)15-8-3-2-4-9-15/h2-4,6,8-14,20,25H,5,7H2,1H3,(H,26,27)(H,24,28,29)/b10-6+/t14-,20-/m0/s1. The summed E-state index contributed by atoms with van der Waals surface area (Å²) in [5.41, 5.74) is 0.685. The van der Waals surface area contributed by atoms with Crippen LogP contribution in [0.2, 0.25) is 0 Å². The Hall–Kier alpha value is -3.13. The second-order valence-electron chi connectivity index (χ2n) is 6.64. The first kappa shape index (κ1) is 23.2. The molecule has 0 heterocycles. The van der Waals surface area contributed by atoms with Crippen LogP contribution in [-0.4, -0.2) is 28.2 Å². The summed E-state index contributed by atoms with van der Waals surface area (Å²) in [7, 11) is 0. The Kier molecular flexibility index (Phi) is 8.61. The number of alkyl carbamates (subject to hydrolysis) is 1. The first-order chi connectivity index (χ1) is 14.3. The quantitative estimate of drug-likeness (QED) is 0.471. The lowest BCUT2D eigenvalue weighted by atomic mass is 9.92. The number of benzene rings is 2. The molecule has 7 nitrogen and oxygen atoms in total. The molecule has 0 bridgehead atoms. The van der Waals surface area contributed by atoms with Gasteiger partial charge in [-0.3, -0.25) is 10.1 Å². The second-order valence-corrected chi connectivity index (χ2v) is 7.56. The average molecular weight is 476 g/mol. The van der Waals surface area contributed by atoms with Gasteiger partial charge in [-0.05, 0) is 49.1 Å². The Morgan fingerprint density at radius 1 is 1.17 bits per heavy atom. The smallest absolute Gasteiger partial charge is 0.414 e. The van der Waals surface area contributed by atoms with Crippen molar-refractivity contribution >= 4 is 33.9 Å². The van der Waals surface area contributed by atoms with E-state index in [2.05, 4.69) is 21.2 Å². The van der Waals surface area contributed by atoms with Crippen LogP contribution >= 0.6 is 15.9 Å². The number of phenols is 1. The molecular weight excluding hydrogens is 454 g/mol. The van der Waals surface area contributed by atoms with Crippen LogP contribution in [0.5, 0.6) is 5.75 Å². The number of rotatable bonds is 8. The highest BCUT2D eigenvalue weighted by molar-refractivity contribution is 9.10. The van der Waals surface area contributed by atoms with Crippen molar-refractivity contribution in [2.75, 3.05) is 0 Å². The molecule has 2 amide bonds. The number of amides is 2. The van der Waals surface area contributed by atoms with Crippen LogP contribution in [0.1, 0.15) is 41.8 Å². The Balaban J connectivity index is 2.16. The van der Waals surface area contributed by atoms with E-state index >= 15 is 0 Å². The average Bonchev–Trinajstić information content (AvgIpc) is 2.71. The molecule has 8 heteroatoms. The summed E-state index contributed by atoms with van der Waals surface area (Å²) in [6.07, 6.45) is 1.68. The third-order valence-electron chi connectivity index (χ3n) is 4.35. The summed E-state index contributed by atoms with van der Waals surface area (Å²) < 4.78 is 6.20. The lowest BCUT2D eigenvalue weighted by Crippen LogP contribution is -2.33. The predicted octanol–water partition coefficient (Wildman–Crippen LogP) is 4.82. The largest absolute Gasteiger partial charge is 0.508 e. The van der Waals surface area contributed by atoms with Crippen LogP contribution in [0, 0.1) is 5.92 Å². The van der Waals surface area contributed by atoms with Crippen molar-refractivity contribution in [1.82, 2.24) is 5.32 Å². The van der Waals surface area contributed by atoms with E-state index in [1.807, 2.05) is 6.92 Å². The predicted molar refractivity (Wildman–Crippen MR) is 114 cm³/mol. The third kappa shape index (κ3) is 7.04. The lowest BCUT2D eigenvalue weighted by molar-refractivity contribution is -0.131. The summed E-state index contributed by atoms with van der Waals surface area (Å²) in [5, 5.41) is 21.2. The van der Waals surface area contributed by atoms with Crippen molar-refractivity contribution in [3.05, 3.63) is 76.3 Å². The highest BCUT2D eigenvalue weighted by Gasteiger charge is 2.27. The maximum absolute atomic E-state index is 12.4. The number of aromatic hydroxyl groups is 1. The Labute approximate surface area is 182 Å². The van der Waals surface area contributed by atoms with E-state index in [1.54, 1.807) is 42.5 Å². The number of phenolic OH excluding ortho intramolecular Hbond substituents is 1. The zero-order valence-electron chi connectivity index (χ0n) is 16.2. The Morgan fingerprint density at radius 2 is 1.87 bits per heavy atom. The first-order valence-corrected chi connectivity index (χ1v) is 10.0. The number of carboxylic acids is 1. The van der Waals surface area contributed by atoms with E-state index in [0.717, 1.165) is 6.08 Å². The number of hydrogen-bond acceptors (Lipinski definition) is 5. The van der Waals surface area contributed by atoms with Gasteiger partial charge in [0.05, 0.1) is 0 Å². The van der Waals surface area contributed by atoms with Crippen LogP contribution in [0.25, 0.3) is 0 Å².